The van der Waals surface area contributed by atoms with Crippen LogP contribution in [0.5, 0.6) is 0 Å². The van der Waals surface area contributed by atoms with Crippen LogP contribution in [0.4, 0.5) is 0 Å². The molecule has 2 fully saturated rings. The average Bonchev–Trinajstić information content (AvgIpc) is 2.29. The third-order valence-electron chi connectivity index (χ3n) is 4.30. The van der Waals surface area contributed by atoms with E-state index in [1.54, 1.807) is 0 Å². The van der Waals surface area contributed by atoms with Crippen molar-refractivity contribution < 1.29 is 14.3 Å². The number of esters is 1. The fourth-order valence-electron chi connectivity index (χ4n) is 3.12. The Kier molecular flexibility index (Phi) is 3.85. The van der Waals surface area contributed by atoms with Crippen LogP contribution in [-0.2, 0) is 14.3 Å². The summed E-state index contributed by atoms with van der Waals surface area (Å²) < 4.78 is 10.1. The maximum atomic E-state index is 11.2. The molecule has 1 aliphatic heterocycles. The van der Waals surface area contributed by atoms with Gasteiger partial charge >= 0.3 is 5.97 Å². The van der Waals surface area contributed by atoms with Crippen molar-refractivity contribution in [2.45, 2.75) is 44.9 Å². The van der Waals surface area contributed by atoms with Crippen LogP contribution in [0.2, 0.25) is 0 Å². The van der Waals surface area contributed by atoms with E-state index in [1.165, 1.54) is 39.2 Å². The molecule has 3 heteroatoms. The van der Waals surface area contributed by atoms with Gasteiger partial charge in [-0.25, -0.2) is 0 Å². The van der Waals surface area contributed by atoms with Crippen LogP contribution in [0.25, 0.3) is 0 Å². The van der Waals surface area contributed by atoms with Gasteiger partial charge in [0.25, 0.3) is 0 Å². The Bertz CT molecular complexity index is 240. The number of hydrogen-bond donors (Lipinski definition) is 0. The highest BCUT2D eigenvalue weighted by atomic mass is 16.5. The van der Waals surface area contributed by atoms with Gasteiger partial charge < -0.3 is 9.47 Å². The lowest BCUT2D eigenvalue weighted by molar-refractivity contribution is -0.164. The van der Waals surface area contributed by atoms with Crippen molar-refractivity contribution in [3.63, 3.8) is 0 Å². The van der Waals surface area contributed by atoms with Gasteiger partial charge in [-0.1, -0.05) is 19.3 Å². The van der Waals surface area contributed by atoms with Crippen LogP contribution in [0.15, 0.2) is 0 Å². The zero-order valence-corrected chi connectivity index (χ0v) is 10.2. The van der Waals surface area contributed by atoms with Gasteiger partial charge in [0.05, 0.1) is 20.3 Å². The van der Waals surface area contributed by atoms with Crippen molar-refractivity contribution >= 4 is 5.97 Å². The third-order valence-corrected chi connectivity index (χ3v) is 4.30. The van der Waals surface area contributed by atoms with E-state index in [9.17, 15) is 4.79 Å². The van der Waals surface area contributed by atoms with E-state index in [4.69, 9.17) is 9.47 Å². The zero-order chi connectivity index (χ0) is 11.4. The van der Waals surface area contributed by atoms with Gasteiger partial charge in [0, 0.05) is 11.8 Å². The minimum Gasteiger partial charge on any atom is -0.469 e. The normalized spacial score (nSPS) is 24.8. The molecule has 92 valence electrons. The summed E-state index contributed by atoms with van der Waals surface area (Å²) in [4.78, 5) is 11.2. The maximum absolute atomic E-state index is 11.2. The van der Waals surface area contributed by atoms with E-state index in [-0.39, 0.29) is 5.97 Å². The Morgan fingerprint density at radius 3 is 2.50 bits per heavy atom. The predicted octanol–water partition coefficient (Wildman–Crippen LogP) is 2.54. The molecule has 2 rings (SSSR count). The lowest BCUT2D eigenvalue weighted by atomic mass is 9.65. The Morgan fingerprint density at radius 1 is 1.31 bits per heavy atom. The summed E-state index contributed by atoms with van der Waals surface area (Å²) in [6, 6.07) is 0. The van der Waals surface area contributed by atoms with Gasteiger partial charge in [-0.3, -0.25) is 4.79 Å². The van der Waals surface area contributed by atoms with E-state index in [0.717, 1.165) is 25.6 Å². The number of hydrogen-bond acceptors (Lipinski definition) is 3. The van der Waals surface area contributed by atoms with Gasteiger partial charge in [0.1, 0.15) is 0 Å². The predicted molar refractivity (Wildman–Crippen MR) is 61.1 cm³/mol. The molecule has 0 N–H and O–H groups in total. The van der Waals surface area contributed by atoms with Crippen LogP contribution in [0.1, 0.15) is 44.9 Å². The Morgan fingerprint density at radius 2 is 2.00 bits per heavy atom. The quantitative estimate of drug-likeness (QED) is 0.691. The first-order chi connectivity index (χ1) is 7.77. The van der Waals surface area contributed by atoms with E-state index in [2.05, 4.69) is 0 Å². The highest BCUT2D eigenvalue weighted by molar-refractivity contribution is 5.69. The van der Waals surface area contributed by atoms with Crippen LogP contribution in [0.3, 0.4) is 0 Å². The van der Waals surface area contributed by atoms with Gasteiger partial charge in [0.15, 0.2) is 0 Å². The monoisotopic (exact) mass is 226 g/mol. The molecule has 1 heterocycles. The maximum Gasteiger partial charge on any atom is 0.305 e. The van der Waals surface area contributed by atoms with Crippen LogP contribution < -0.4 is 0 Å². The average molecular weight is 226 g/mol. The Balaban J connectivity index is 1.88. The van der Waals surface area contributed by atoms with E-state index in [1.807, 2.05) is 0 Å². The molecule has 0 bridgehead atoms. The summed E-state index contributed by atoms with van der Waals surface area (Å²) in [6.07, 6.45) is 8.23. The summed E-state index contributed by atoms with van der Waals surface area (Å²) >= 11 is 0. The number of carbonyl (C=O) groups is 1. The minimum atomic E-state index is -0.0814. The van der Waals surface area contributed by atoms with Gasteiger partial charge in [-0.2, -0.15) is 0 Å². The summed E-state index contributed by atoms with van der Waals surface area (Å²) in [5.74, 6) is 0.696. The zero-order valence-electron chi connectivity index (χ0n) is 10.2. The summed E-state index contributed by atoms with van der Waals surface area (Å²) in [6.45, 7) is 1.71. The molecule has 0 spiro atoms. The molecule has 0 unspecified atom stereocenters. The molecule has 0 amide bonds. The molecular formula is C13H22O3. The molecule has 1 saturated carbocycles. The van der Waals surface area contributed by atoms with Crippen molar-refractivity contribution in [1.29, 1.82) is 0 Å². The Hall–Kier alpha value is -0.570. The van der Waals surface area contributed by atoms with Crippen LogP contribution >= 0.6 is 0 Å². The minimum absolute atomic E-state index is 0.0814. The summed E-state index contributed by atoms with van der Waals surface area (Å²) in [7, 11) is 1.47. The molecular weight excluding hydrogens is 204 g/mol. The first-order valence-electron chi connectivity index (χ1n) is 6.41. The molecule has 0 aromatic heterocycles. The van der Waals surface area contributed by atoms with Crippen LogP contribution in [-0.4, -0.2) is 26.3 Å². The van der Waals surface area contributed by atoms with E-state index in [0.29, 0.717) is 11.8 Å². The van der Waals surface area contributed by atoms with Gasteiger partial charge in [-0.15, -0.1) is 0 Å². The molecule has 1 saturated heterocycles. The van der Waals surface area contributed by atoms with Gasteiger partial charge in [-0.05, 0) is 25.2 Å². The SMILES string of the molecule is COC(=O)CCC1(C2CCCCC2)COC1. The lowest BCUT2D eigenvalue weighted by Crippen LogP contribution is -2.49. The number of carbonyl (C=O) groups excluding carboxylic acids is 1. The fourth-order valence-corrected chi connectivity index (χ4v) is 3.12. The molecule has 0 atom stereocenters. The lowest BCUT2D eigenvalue weighted by Gasteiger charge is -2.48. The van der Waals surface area contributed by atoms with Gasteiger partial charge in [0.2, 0.25) is 0 Å². The highest BCUT2D eigenvalue weighted by Crippen LogP contribution is 2.46. The van der Waals surface area contributed by atoms with Crippen molar-refractivity contribution in [2.75, 3.05) is 20.3 Å². The molecule has 0 aromatic carbocycles. The standard InChI is InChI=1S/C13H22O3/c1-15-12(14)7-8-13(9-16-10-13)11-5-3-2-4-6-11/h11H,2-10H2,1H3. The first-order valence-corrected chi connectivity index (χ1v) is 6.41. The second kappa shape index (κ2) is 5.17. The molecule has 0 radical (unpaired) electrons. The topological polar surface area (TPSA) is 35.5 Å². The fraction of sp³-hybridized carbons (Fsp3) is 0.923. The molecule has 0 aromatic rings. The summed E-state index contributed by atoms with van der Waals surface area (Å²) in [5, 5.41) is 0. The first kappa shape index (κ1) is 11.9. The molecule has 2 aliphatic rings. The van der Waals surface area contributed by atoms with E-state index >= 15 is 0 Å². The third kappa shape index (κ3) is 2.40. The Labute approximate surface area is 97.5 Å². The second-order valence-electron chi connectivity index (χ2n) is 5.27. The van der Waals surface area contributed by atoms with Crippen molar-refractivity contribution in [1.82, 2.24) is 0 Å². The summed E-state index contributed by atoms with van der Waals surface area (Å²) in [5.41, 5.74) is 0.300. The highest BCUT2D eigenvalue weighted by Gasteiger charge is 2.45. The number of methoxy groups -OCH3 is 1. The van der Waals surface area contributed by atoms with Crippen molar-refractivity contribution in [3.8, 4) is 0 Å². The number of ether oxygens (including phenoxy) is 2. The van der Waals surface area contributed by atoms with Crippen molar-refractivity contribution in [3.05, 3.63) is 0 Å². The second-order valence-corrected chi connectivity index (χ2v) is 5.27. The molecule has 3 nitrogen and oxygen atoms in total. The van der Waals surface area contributed by atoms with E-state index < -0.39 is 0 Å². The smallest absolute Gasteiger partial charge is 0.305 e. The number of rotatable bonds is 4. The van der Waals surface area contributed by atoms with Crippen molar-refractivity contribution in [2.24, 2.45) is 11.3 Å². The van der Waals surface area contributed by atoms with Crippen LogP contribution in [0, 0.1) is 11.3 Å². The molecule has 1 aliphatic carbocycles. The largest absolute Gasteiger partial charge is 0.469 e. The molecule has 16 heavy (non-hydrogen) atoms.